The summed E-state index contributed by atoms with van der Waals surface area (Å²) < 4.78 is 28.2. The highest BCUT2D eigenvalue weighted by molar-refractivity contribution is 7.92. The first-order valence-electron chi connectivity index (χ1n) is 10.1. The highest BCUT2D eigenvalue weighted by Gasteiger charge is 2.21. The molecule has 0 bridgehead atoms. The van der Waals surface area contributed by atoms with Crippen molar-refractivity contribution < 1.29 is 13.2 Å². The number of anilines is 2. The number of nitrogens with one attached hydrogen (secondary N) is 2. The Labute approximate surface area is 189 Å². The maximum absolute atomic E-state index is 12.9. The van der Waals surface area contributed by atoms with Crippen LogP contribution in [0.4, 0.5) is 11.4 Å². The van der Waals surface area contributed by atoms with E-state index in [2.05, 4.69) is 16.1 Å². The van der Waals surface area contributed by atoms with Gasteiger partial charge in [-0.2, -0.15) is 5.26 Å². The van der Waals surface area contributed by atoms with E-state index in [1.807, 2.05) is 26.8 Å². The topological polar surface area (TPSA) is 99.1 Å². The molecule has 0 heterocycles. The molecular formula is C25H25N3O3S. The Morgan fingerprint density at radius 1 is 0.938 bits per heavy atom. The van der Waals surface area contributed by atoms with Crippen molar-refractivity contribution in [3.05, 3.63) is 89.0 Å². The van der Waals surface area contributed by atoms with Crippen LogP contribution in [0.15, 0.2) is 71.6 Å². The number of amides is 1. The van der Waals surface area contributed by atoms with E-state index in [-0.39, 0.29) is 10.5 Å². The lowest BCUT2D eigenvalue weighted by atomic mass is 9.86. The smallest absolute Gasteiger partial charge is 0.261 e. The van der Waals surface area contributed by atoms with Crippen LogP contribution in [0, 0.1) is 25.2 Å². The summed E-state index contributed by atoms with van der Waals surface area (Å²) in [5, 5.41) is 12.1. The second kappa shape index (κ2) is 8.85. The number of rotatable bonds is 6. The van der Waals surface area contributed by atoms with E-state index >= 15 is 0 Å². The molecule has 6 nitrogen and oxygen atoms in total. The summed E-state index contributed by atoms with van der Waals surface area (Å²) in [6.45, 7) is 7.26. The number of carbonyl (C=O) groups excluding carboxylic acids is 1. The Kier molecular flexibility index (Phi) is 6.37. The molecule has 0 spiro atoms. The molecule has 0 saturated heterocycles. The number of nitrogens with zero attached hydrogens (tertiary/aromatic N) is 1. The lowest BCUT2D eigenvalue weighted by molar-refractivity contribution is 0.102. The molecule has 3 rings (SSSR count). The maximum atomic E-state index is 12.9. The van der Waals surface area contributed by atoms with Crippen LogP contribution >= 0.6 is 0 Å². The molecule has 0 atom stereocenters. The summed E-state index contributed by atoms with van der Waals surface area (Å²) in [4.78, 5) is 12.9. The van der Waals surface area contributed by atoms with Gasteiger partial charge in [0, 0.05) is 16.9 Å². The van der Waals surface area contributed by atoms with Crippen molar-refractivity contribution in [1.29, 1.82) is 5.26 Å². The van der Waals surface area contributed by atoms with Crippen molar-refractivity contribution >= 4 is 27.3 Å². The van der Waals surface area contributed by atoms with Gasteiger partial charge in [-0.1, -0.05) is 30.3 Å². The molecule has 0 aromatic heterocycles. The molecule has 0 fully saturated rings. The summed E-state index contributed by atoms with van der Waals surface area (Å²) >= 11 is 0. The molecule has 3 aromatic carbocycles. The van der Waals surface area contributed by atoms with Gasteiger partial charge in [-0.25, -0.2) is 8.42 Å². The molecule has 3 aromatic rings. The maximum Gasteiger partial charge on any atom is 0.261 e. The standard InChI is InChI=1S/C25H25N3O3S/c1-17-6-5-7-21(14-17)28-32(30,31)22-13-8-18(2)23(15-22)24(29)27-20-11-9-19(10-12-20)25(3,4)16-26/h5-15,28H,1-4H3,(H,27,29). The first-order chi connectivity index (χ1) is 15.0. The van der Waals surface area contributed by atoms with Gasteiger partial charge in [0.05, 0.1) is 16.4 Å². The monoisotopic (exact) mass is 447 g/mol. The van der Waals surface area contributed by atoms with Crippen LogP contribution < -0.4 is 10.0 Å². The first-order valence-corrected chi connectivity index (χ1v) is 11.5. The third-order valence-electron chi connectivity index (χ3n) is 5.18. The van der Waals surface area contributed by atoms with E-state index in [1.165, 1.54) is 12.1 Å². The fraction of sp³-hybridized carbons (Fsp3) is 0.200. The van der Waals surface area contributed by atoms with Crippen LogP contribution in [0.2, 0.25) is 0 Å². The summed E-state index contributed by atoms with van der Waals surface area (Å²) in [7, 11) is -3.86. The Morgan fingerprint density at radius 2 is 1.62 bits per heavy atom. The van der Waals surface area contributed by atoms with Gasteiger partial charge in [-0.05, 0) is 80.8 Å². The van der Waals surface area contributed by atoms with Crippen LogP contribution in [0.1, 0.15) is 40.9 Å². The number of carbonyl (C=O) groups is 1. The lowest BCUT2D eigenvalue weighted by Gasteiger charge is -2.16. The van der Waals surface area contributed by atoms with Crippen LogP contribution in [-0.4, -0.2) is 14.3 Å². The fourth-order valence-corrected chi connectivity index (χ4v) is 4.24. The van der Waals surface area contributed by atoms with Crippen molar-refractivity contribution in [3.63, 3.8) is 0 Å². The van der Waals surface area contributed by atoms with Gasteiger partial charge < -0.3 is 5.32 Å². The highest BCUT2D eigenvalue weighted by Crippen LogP contribution is 2.25. The molecule has 1 amide bonds. The molecule has 164 valence electrons. The predicted octanol–water partition coefficient (Wildman–Crippen LogP) is 5.16. The Bertz CT molecular complexity index is 1310. The Morgan fingerprint density at radius 3 is 2.25 bits per heavy atom. The van der Waals surface area contributed by atoms with E-state index < -0.39 is 21.3 Å². The minimum atomic E-state index is -3.86. The molecule has 2 N–H and O–H groups in total. The Hall–Kier alpha value is -3.63. The van der Waals surface area contributed by atoms with Crippen LogP contribution in [0.25, 0.3) is 0 Å². The molecule has 0 aliphatic rings. The molecule has 0 aliphatic carbocycles. The molecule has 7 heteroatoms. The van der Waals surface area contributed by atoms with Crippen molar-refractivity contribution in [2.24, 2.45) is 0 Å². The molecule has 0 aliphatic heterocycles. The quantitative estimate of drug-likeness (QED) is 0.545. The number of benzene rings is 3. The number of aryl methyl sites for hydroxylation is 2. The lowest BCUT2D eigenvalue weighted by Crippen LogP contribution is -2.17. The zero-order chi connectivity index (χ0) is 23.5. The van der Waals surface area contributed by atoms with E-state index in [4.69, 9.17) is 0 Å². The number of hydrogen-bond donors (Lipinski definition) is 2. The highest BCUT2D eigenvalue weighted by atomic mass is 32.2. The number of hydrogen-bond acceptors (Lipinski definition) is 4. The molecular weight excluding hydrogens is 422 g/mol. The minimum Gasteiger partial charge on any atom is -0.322 e. The third-order valence-corrected chi connectivity index (χ3v) is 6.56. The van der Waals surface area contributed by atoms with E-state index in [9.17, 15) is 18.5 Å². The van der Waals surface area contributed by atoms with Crippen LogP contribution in [0.5, 0.6) is 0 Å². The first kappa shape index (κ1) is 23.0. The number of nitriles is 1. The van der Waals surface area contributed by atoms with E-state index in [1.54, 1.807) is 55.5 Å². The molecule has 0 unspecified atom stereocenters. The Balaban J connectivity index is 1.83. The largest absolute Gasteiger partial charge is 0.322 e. The van der Waals surface area contributed by atoms with Crippen LogP contribution in [0.3, 0.4) is 0 Å². The van der Waals surface area contributed by atoms with Crippen molar-refractivity contribution in [2.75, 3.05) is 10.0 Å². The zero-order valence-electron chi connectivity index (χ0n) is 18.4. The van der Waals surface area contributed by atoms with E-state index in [0.717, 1.165) is 11.1 Å². The van der Waals surface area contributed by atoms with Crippen molar-refractivity contribution in [1.82, 2.24) is 0 Å². The molecule has 0 radical (unpaired) electrons. The zero-order valence-corrected chi connectivity index (χ0v) is 19.2. The summed E-state index contributed by atoms with van der Waals surface area (Å²) in [6, 6.07) is 20.8. The predicted molar refractivity (Wildman–Crippen MR) is 126 cm³/mol. The van der Waals surface area contributed by atoms with Gasteiger partial charge in [-0.15, -0.1) is 0 Å². The summed E-state index contributed by atoms with van der Waals surface area (Å²) in [5.74, 6) is -0.414. The van der Waals surface area contributed by atoms with Crippen molar-refractivity contribution in [3.8, 4) is 6.07 Å². The average Bonchev–Trinajstić information content (AvgIpc) is 2.74. The second-order valence-corrected chi connectivity index (χ2v) is 9.90. The number of sulfonamides is 1. The van der Waals surface area contributed by atoms with Gasteiger partial charge in [-0.3, -0.25) is 9.52 Å². The second-order valence-electron chi connectivity index (χ2n) is 8.22. The molecule has 32 heavy (non-hydrogen) atoms. The fourth-order valence-electron chi connectivity index (χ4n) is 3.17. The van der Waals surface area contributed by atoms with Gasteiger partial charge in [0.15, 0.2) is 0 Å². The summed E-state index contributed by atoms with van der Waals surface area (Å²) in [6.07, 6.45) is 0. The normalized spacial score (nSPS) is 11.5. The third kappa shape index (κ3) is 5.16. The van der Waals surface area contributed by atoms with Crippen LogP contribution in [-0.2, 0) is 15.4 Å². The van der Waals surface area contributed by atoms with Gasteiger partial charge in [0.2, 0.25) is 0 Å². The van der Waals surface area contributed by atoms with Gasteiger partial charge >= 0.3 is 0 Å². The minimum absolute atomic E-state index is 0.000809. The van der Waals surface area contributed by atoms with Gasteiger partial charge in [0.25, 0.3) is 15.9 Å². The van der Waals surface area contributed by atoms with Gasteiger partial charge in [0.1, 0.15) is 0 Å². The molecule has 0 saturated carbocycles. The van der Waals surface area contributed by atoms with E-state index in [0.29, 0.717) is 16.9 Å². The SMILES string of the molecule is Cc1cccc(NS(=O)(=O)c2ccc(C)c(C(=O)Nc3ccc(C(C)(C)C#N)cc3)c2)c1. The summed E-state index contributed by atoms with van der Waals surface area (Å²) in [5.41, 5.74) is 3.06. The average molecular weight is 448 g/mol. The van der Waals surface area contributed by atoms with Crippen molar-refractivity contribution in [2.45, 2.75) is 38.0 Å².